The van der Waals surface area contributed by atoms with Gasteiger partial charge in [-0.15, -0.1) is 0 Å². The van der Waals surface area contributed by atoms with E-state index in [0.717, 1.165) is 17.3 Å². The van der Waals surface area contributed by atoms with Crippen molar-refractivity contribution in [3.63, 3.8) is 0 Å². The molecule has 2 aromatic rings. The van der Waals surface area contributed by atoms with Gasteiger partial charge in [-0.2, -0.15) is 0 Å². The second-order valence-electron chi connectivity index (χ2n) is 4.87. The van der Waals surface area contributed by atoms with Crippen molar-refractivity contribution < 1.29 is 8.42 Å². The van der Waals surface area contributed by atoms with Crippen LogP contribution in [0, 0.1) is 6.92 Å². The number of hydrogen-bond donors (Lipinski definition) is 1. The monoisotopic (exact) mass is 293 g/mol. The van der Waals surface area contributed by atoms with Gasteiger partial charge < -0.3 is 9.88 Å². The standard InChI is InChI=1S/C14H19N3O2S/c1-12-11-17(9-6-10-20(2,18)19)14(15-12)16-13-7-4-3-5-8-13/h3-5,7-8,11H,6,9-10H2,1-2H3,(H,15,16). The molecule has 5 nitrogen and oxygen atoms in total. The SMILES string of the molecule is Cc1cn(CCCS(C)(=O)=O)c(Nc2ccccc2)n1. The molecule has 6 heteroatoms. The molecule has 0 aliphatic rings. The number of nitrogens with one attached hydrogen (secondary N) is 1. The molecular weight excluding hydrogens is 274 g/mol. The van der Waals surface area contributed by atoms with E-state index in [9.17, 15) is 8.42 Å². The van der Waals surface area contributed by atoms with E-state index < -0.39 is 9.84 Å². The van der Waals surface area contributed by atoms with Crippen LogP contribution < -0.4 is 5.32 Å². The van der Waals surface area contributed by atoms with Crippen molar-refractivity contribution in [1.29, 1.82) is 0 Å². The minimum Gasteiger partial charge on any atom is -0.326 e. The molecule has 0 fully saturated rings. The largest absolute Gasteiger partial charge is 0.326 e. The van der Waals surface area contributed by atoms with Crippen molar-refractivity contribution in [3.05, 3.63) is 42.2 Å². The lowest BCUT2D eigenvalue weighted by molar-refractivity contribution is 0.592. The van der Waals surface area contributed by atoms with E-state index in [1.807, 2.05) is 48.0 Å². The van der Waals surface area contributed by atoms with Crippen molar-refractivity contribution in [2.45, 2.75) is 19.9 Å². The van der Waals surface area contributed by atoms with E-state index in [-0.39, 0.29) is 5.75 Å². The molecule has 0 aliphatic carbocycles. The molecule has 1 aromatic carbocycles. The fraction of sp³-hybridized carbons (Fsp3) is 0.357. The Hall–Kier alpha value is -1.82. The van der Waals surface area contributed by atoms with E-state index in [1.54, 1.807) is 0 Å². The normalized spacial score (nSPS) is 11.5. The van der Waals surface area contributed by atoms with Gasteiger partial charge in [-0.3, -0.25) is 0 Å². The molecule has 0 saturated heterocycles. The van der Waals surface area contributed by atoms with E-state index in [2.05, 4.69) is 10.3 Å². The number of nitrogens with zero attached hydrogens (tertiary/aromatic N) is 2. The number of anilines is 2. The number of benzene rings is 1. The van der Waals surface area contributed by atoms with E-state index >= 15 is 0 Å². The smallest absolute Gasteiger partial charge is 0.207 e. The first-order valence-electron chi connectivity index (χ1n) is 6.47. The highest BCUT2D eigenvalue weighted by molar-refractivity contribution is 7.90. The Bertz CT molecular complexity index is 663. The van der Waals surface area contributed by atoms with Crippen molar-refractivity contribution in [2.24, 2.45) is 0 Å². The number of sulfone groups is 1. The number of hydrogen-bond acceptors (Lipinski definition) is 4. The molecule has 20 heavy (non-hydrogen) atoms. The first kappa shape index (κ1) is 14.6. The van der Waals surface area contributed by atoms with Crippen LogP contribution in [0.4, 0.5) is 11.6 Å². The van der Waals surface area contributed by atoms with Crippen LogP contribution >= 0.6 is 0 Å². The van der Waals surface area contributed by atoms with Crippen LogP contribution in [0.3, 0.4) is 0 Å². The third-order valence-corrected chi connectivity index (χ3v) is 3.87. The first-order chi connectivity index (χ1) is 9.44. The molecule has 2 rings (SSSR count). The number of rotatable bonds is 6. The number of para-hydroxylation sites is 1. The molecule has 1 heterocycles. The lowest BCUT2D eigenvalue weighted by atomic mass is 10.3. The van der Waals surface area contributed by atoms with Gasteiger partial charge in [0.2, 0.25) is 5.95 Å². The molecule has 0 atom stereocenters. The zero-order chi connectivity index (χ0) is 14.6. The minimum atomic E-state index is -2.91. The van der Waals surface area contributed by atoms with E-state index in [4.69, 9.17) is 0 Å². The fourth-order valence-corrected chi connectivity index (χ4v) is 2.62. The van der Waals surface area contributed by atoms with Crippen molar-refractivity contribution in [2.75, 3.05) is 17.3 Å². The molecule has 1 aromatic heterocycles. The highest BCUT2D eigenvalue weighted by atomic mass is 32.2. The summed E-state index contributed by atoms with van der Waals surface area (Å²) in [6, 6.07) is 9.78. The van der Waals surface area contributed by atoms with Crippen LogP contribution in [0.25, 0.3) is 0 Å². The molecule has 0 bridgehead atoms. The molecule has 0 radical (unpaired) electrons. The molecule has 0 amide bonds. The molecule has 0 unspecified atom stereocenters. The predicted octanol–water partition coefficient (Wildman–Crippen LogP) is 2.37. The van der Waals surface area contributed by atoms with Gasteiger partial charge in [-0.25, -0.2) is 13.4 Å². The van der Waals surface area contributed by atoms with E-state index in [0.29, 0.717) is 13.0 Å². The van der Waals surface area contributed by atoms with Crippen LogP contribution in [0.15, 0.2) is 36.5 Å². The first-order valence-corrected chi connectivity index (χ1v) is 8.54. The summed E-state index contributed by atoms with van der Waals surface area (Å²) in [5.41, 5.74) is 1.87. The Labute approximate surface area is 119 Å². The topological polar surface area (TPSA) is 64.0 Å². The van der Waals surface area contributed by atoms with Crippen LogP contribution in [0.2, 0.25) is 0 Å². The average Bonchev–Trinajstić information content (AvgIpc) is 2.69. The summed E-state index contributed by atoms with van der Waals surface area (Å²) in [6.07, 6.45) is 3.76. The summed E-state index contributed by atoms with van der Waals surface area (Å²) < 4.78 is 24.3. The second kappa shape index (κ2) is 6.09. The zero-order valence-corrected chi connectivity index (χ0v) is 12.5. The van der Waals surface area contributed by atoms with Crippen LogP contribution in [-0.4, -0.2) is 30.0 Å². The van der Waals surface area contributed by atoms with Crippen LogP contribution in [0.5, 0.6) is 0 Å². The third kappa shape index (κ3) is 4.38. The van der Waals surface area contributed by atoms with Gasteiger partial charge >= 0.3 is 0 Å². The van der Waals surface area contributed by atoms with Crippen molar-refractivity contribution in [1.82, 2.24) is 9.55 Å². The van der Waals surface area contributed by atoms with Gasteiger partial charge in [0.15, 0.2) is 0 Å². The Kier molecular flexibility index (Phi) is 4.44. The van der Waals surface area contributed by atoms with Gasteiger partial charge in [0, 0.05) is 24.7 Å². The van der Waals surface area contributed by atoms with Crippen molar-refractivity contribution >= 4 is 21.5 Å². The molecule has 0 aliphatic heterocycles. The molecule has 108 valence electrons. The summed E-state index contributed by atoms with van der Waals surface area (Å²) in [6.45, 7) is 2.55. The van der Waals surface area contributed by atoms with E-state index in [1.165, 1.54) is 6.26 Å². The molecular formula is C14H19N3O2S. The quantitative estimate of drug-likeness (QED) is 0.888. The zero-order valence-electron chi connectivity index (χ0n) is 11.7. The highest BCUT2D eigenvalue weighted by Gasteiger charge is 2.07. The van der Waals surface area contributed by atoms with Gasteiger partial charge in [0.1, 0.15) is 9.84 Å². The van der Waals surface area contributed by atoms with Crippen molar-refractivity contribution in [3.8, 4) is 0 Å². The lowest BCUT2D eigenvalue weighted by Crippen LogP contribution is -2.09. The summed E-state index contributed by atoms with van der Waals surface area (Å²) in [5.74, 6) is 0.928. The van der Waals surface area contributed by atoms with Gasteiger partial charge in [0.25, 0.3) is 0 Å². The maximum Gasteiger partial charge on any atom is 0.207 e. The van der Waals surface area contributed by atoms with Crippen LogP contribution in [0.1, 0.15) is 12.1 Å². The predicted molar refractivity (Wildman–Crippen MR) is 81.0 cm³/mol. The lowest BCUT2D eigenvalue weighted by Gasteiger charge is -2.09. The van der Waals surface area contributed by atoms with Gasteiger partial charge in [0.05, 0.1) is 11.4 Å². The van der Waals surface area contributed by atoms with Gasteiger partial charge in [-0.1, -0.05) is 18.2 Å². The second-order valence-corrected chi connectivity index (χ2v) is 7.13. The maximum absolute atomic E-state index is 11.2. The maximum atomic E-state index is 11.2. The highest BCUT2D eigenvalue weighted by Crippen LogP contribution is 2.16. The minimum absolute atomic E-state index is 0.189. The molecule has 0 saturated carbocycles. The summed E-state index contributed by atoms with van der Waals surface area (Å²) in [5, 5.41) is 3.24. The third-order valence-electron chi connectivity index (χ3n) is 2.84. The number of aryl methyl sites for hydroxylation is 2. The molecule has 0 spiro atoms. The van der Waals surface area contributed by atoms with Gasteiger partial charge in [-0.05, 0) is 25.5 Å². The summed E-state index contributed by atoms with van der Waals surface area (Å²) in [4.78, 5) is 4.42. The Balaban J connectivity index is 2.06. The fourth-order valence-electron chi connectivity index (χ4n) is 1.96. The Morgan fingerprint density at radius 1 is 1.25 bits per heavy atom. The Morgan fingerprint density at radius 2 is 1.95 bits per heavy atom. The summed E-state index contributed by atoms with van der Waals surface area (Å²) >= 11 is 0. The number of imidazole rings is 1. The molecule has 1 N–H and O–H groups in total. The Morgan fingerprint density at radius 3 is 2.60 bits per heavy atom. The summed E-state index contributed by atoms with van der Waals surface area (Å²) in [7, 11) is -2.91. The average molecular weight is 293 g/mol. The number of aromatic nitrogens is 2. The van der Waals surface area contributed by atoms with Crippen LogP contribution in [-0.2, 0) is 16.4 Å².